The van der Waals surface area contributed by atoms with Crippen LogP contribution in [0.15, 0.2) is 24.3 Å². The maximum Gasteiger partial charge on any atom is 0.328 e. The van der Waals surface area contributed by atoms with Gasteiger partial charge in [0.05, 0.1) is 25.7 Å². The fourth-order valence-corrected chi connectivity index (χ4v) is 4.31. The van der Waals surface area contributed by atoms with E-state index in [9.17, 15) is 23.6 Å². The van der Waals surface area contributed by atoms with E-state index in [4.69, 9.17) is 9.47 Å². The summed E-state index contributed by atoms with van der Waals surface area (Å²) in [6.45, 7) is 0.490. The Hall–Kier alpha value is -2.81. The number of esters is 1. The molecule has 0 aliphatic carbocycles. The van der Waals surface area contributed by atoms with Crippen LogP contribution in [0.4, 0.5) is 4.39 Å². The topological polar surface area (TPSA) is 93.2 Å². The Morgan fingerprint density at radius 2 is 1.97 bits per heavy atom. The van der Waals surface area contributed by atoms with E-state index in [2.05, 4.69) is 0 Å². The van der Waals surface area contributed by atoms with Gasteiger partial charge < -0.3 is 14.4 Å². The van der Waals surface area contributed by atoms with Crippen molar-refractivity contribution in [1.82, 2.24) is 9.80 Å². The molecule has 1 aromatic carbocycles. The quantitative estimate of drug-likeness (QED) is 0.483. The number of likely N-dealkylation sites (tertiary alicyclic amines) is 2. The van der Waals surface area contributed by atoms with Crippen molar-refractivity contribution in [3.63, 3.8) is 0 Å². The van der Waals surface area contributed by atoms with Gasteiger partial charge in [-0.05, 0) is 18.9 Å². The van der Waals surface area contributed by atoms with Gasteiger partial charge >= 0.3 is 5.97 Å². The van der Waals surface area contributed by atoms with Crippen molar-refractivity contribution in [1.29, 1.82) is 0 Å². The van der Waals surface area contributed by atoms with E-state index in [1.165, 1.54) is 37.3 Å². The third kappa shape index (κ3) is 3.81. The zero-order valence-corrected chi connectivity index (χ0v) is 17.1. The number of carbonyl (C=O) groups is 4. The highest BCUT2D eigenvalue weighted by molar-refractivity contribution is 6.11. The van der Waals surface area contributed by atoms with E-state index in [-0.39, 0.29) is 25.1 Å². The third-order valence-electron chi connectivity index (χ3n) is 5.82. The summed E-state index contributed by atoms with van der Waals surface area (Å²) in [5.41, 5.74) is -1.65. The number of ether oxygens (including phenoxy) is 2. The lowest BCUT2D eigenvalue weighted by Gasteiger charge is -2.31. The molecule has 2 fully saturated rings. The van der Waals surface area contributed by atoms with Gasteiger partial charge in [0.2, 0.25) is 17.7 Å². The molecule has 0 unspecified atom stereocenters. The Kier molecular flexibility index (Phi) is 6.50. The maximum atomic E-state index is 14.7. The lowest BCUT2D eigenvalue weighted by atomic mass is 9.75. The van der Waals surface area contributed by atoms with Gasteiger partial charge in [-0.2, -0.15) is 0 Å². The molecule has 2 aliphatic heterocycles. The van der Waals surface area contributed by atoms with E-state index in [1.807, 2.05) is 0 Å². The fraction of sp³-hybridized carbons (Fsp3) is 0.524. The lowest BCUT2D eigenvalue weighted by molar-refractivity contribution is -0.151. The molecular formula is C21H25FN2O6. The lowest BCUT2D eigenvalue weighted by Crippen LogP contribution is -2.47. The Morgan fingerprint density at radius 3 is 2.63 bits per heavy atom. The molecule has 162 valence electrons. The zero-order valence-electron chi connectivity index (χ0n) is 17.1. The highest BCUT2D eigenvalue weighted by Gasteiger charge is 2.55. The number of benzene rings is 1. The number of amides is 3. The van der Waals surface area contributed by atoms with Gasteiger partial charge in [-0.1, -0.05) is 18.2 Å². The first-order valence-electron chi connectivity index (χ1n) is 9.81. The van der Waals surface area contributed by atoms with Crippen molar-refractivity contribution in [2.45, 2.75) is 37.1 Å². The van der Waals surface area contributed by atoms with Crippen LogP contribution < -0.4 is 0 Å². The smallest absolute Gasteiger partial charge is 0.328 e. The number of hydrogen-bond acceptors (Lipinski definition) is 6. The first-order valence-corrected chi connectivity index (χ1v) is 9.81. The largest absolute Gasteiger partial charge is 0.467 e. The van der Waals surface area contributed by atoms with Crippen LogP contribution in [-0.4, -0.2) is 73.4 Å². The van der Waals surface area contributed by atoms with Crippen molar-refractivity contribution in [3.8, 4) is 0 Å². The predicted molar refractivity (Wildman–Crippen MR) is 103 cm³/mol. The van der Waals surface area contributed by atoms with Crippen LogP contribution >= 0.6 is 0 Å². The number of halogens is 1. The van der Waals surface area contributed by atoms with E-state index < -0.39 is 47.4 Å². The van der Waals surface area contributed by atoms with Crippen molar-refractivity contribution < 1.29 is 33.0 Å². The van der Waals surface area contributed by atoms with Gasteiger partial charge in [-0.15, -0.1) is 0 Å². The average molecular weight is 420 g/mol. The van der Waals surface area contributed by atoms with Gasteiger partial charge in [-0.25, -0.2) is 9.18 Å². The Balaban J connectivity index is 1.97. The fourth-order valence-electron chi connectivity index (χ4n) is 4.31. The number of rotatable bonds is 7. The summed E-state index contributed by atoms with van der Waals surface area (Å²) < 4.78 is 24.5. The third-order valence-corrected chi connectivity index (χ3v) is 5.82. The highest BCUT2D eigenvalue weighted by Crippen LogP contribution is 2.42. The normalized spacial score (nSPS) is 23.9. The molecule has 3 amide bonds. The molecule has 3 rings (SSSR count). The molecule has 0 N–H and O–H groups in total. The molecular weight excluding hydrogens is 395 g/mol. The first-order chi connectivity index (χ1) is 14.4. The monoisotopic (exact) mass is 420 g/mol. The molecule has 2 aliphatic rings. The molecule has 2 heterocycles. The molecule has 0 aromatic heterocycles. The molecule has 30 heavy (non-hydrogen) atoms. The van der Waals surface area contributed by atoms with Crippen LogP contribution in [0.25, 0.3) is 0 Å². The van der Waals surface area contributed by atoms with Crippen molar-refractivity contribution >= 4 is 23.7 Å². The first kappa shape index (κ1) is 21.9. The highest BCUT2D eigenvalue weighted by atomic mass is 19.1. The summed E-state index contributed by atoms with van der Waals surface area (Å²) in [6.07, 6.45) is 0.345. The molecule has 9 heteroatoms. The number of methoxy groups -OCH3 is 2. The van der Waals surface area contributed by atoms with Crippen molar-refractivity contribution in [2.75, 3.05) is 33.9 Å². The van der Waals surface area contributed by atoms with Crippen molar-refractivity contribution in [2.24, 2.45) is 0 Å². The molecule has 0 bridgehead atoms. The molecule has 8 nitrogen and oxygen atoms in total. The van der Waals surface area contributed by atoms with E-state index in [0.717, 1.165) is 4.90 Å². The second-order valence-corrected chi connectivity index (χ2v) is 7.53. The Bertz CT molecular complexity index is 860. The number of imide groups is 1. The van der Waals surface area contributed by atoms with Crippen LogP contribution in [-0.2, 0) is 34.1 Å². The van der Waals surface area contributed by atoms with Crippen LogP contribution in [0.1, 0.15) is 31.2 Å². The van der Waals surface area contributed by atoms with Crippen molar-refractivity contribution in [3.05, 3.63) is 35.6 Å². The van der Waals surface area contributed by atoms with Crippen LogP contribution in [0.3, 0.4) is 0 Å². The molecule has 0 spiro atoms. The summed E-state index contributed by atoms with van der Waals surface area (Å²) in [4.78, 5) is 53.6. The summed E-state index contributed by atoms with van der Waals surface area (Å²) >= 11 is 0. The molecule has 2 atom stereocenters. The van der Waals surface area contributed by atoms with Gasteiger partial charge in [0.25, 0.3) is 0 Å². The predicted octanol–water partition coefficient (Wildman–Crippen LogP) is 1.02. The standard InChI is InChI=1S/C21H25FN2O6/c1-29-11-10-24-18(26)13-21(20(24)28,14-6-3-4-7-15(14)22)12-17(25)23-9-5-8-16(23)19(27)30-2/h3-4,6-7,16H,5,8-13H2,1-2H3/t16-,21+/m0/s1. The number of nitrogens with zero attached hydrogens (tertiary/aromatic N) is 2. The molecule has 2 saturated heterocycles. The summed E-state index contributed by atoms with van der Waals surface area (Å²) in [5, 5.41) is 0. The second kappa shape index (κ2) is 8.91. The summed E-state index contributed by atoms with van der Waals surface area (Å²) in [5.74, 6) is -2.79. The number of carbonyl (C=O) groups excluding carboxylic acids is 4. The minimum atomic E-state index is -1.66. The molecule has 0 radical (unpaired) electrons. The van der Waals surface area contributed by atoms with Crippen LogP contribution in [0.2, 0.25) is 0 Å². The number of hydrogen-bond donors (Lipinski definition) is 0. The van der Waals surface area contributed by atoms with E-state index in [0.29, 0.717) is 19.4 Å². The second-order valence-electron chi connectivity index (χ2n) is 7.53. The van der Waals surface area contributed by atoms with Gasteiger partial charge in [-0.3, -0.25) is 19.3 Å². The zero-order chi connectivity index (χ0) is 21.9. The average Bonchev–Trinajstić information content (AvgIpc) is 3.31. The van der Waals surface area contributed by atoms with Crippen LogP contribution in [0, 0.1) is 5.82 Å². The maximum absolute atomic E-state index is 14.7. The SMILES string of the molecule is COCCN1C(=O)C[C@](CC(=O)N2CCC[C@H]2C(=O)OC)(c2ccccc2F)C1=O. The molecule has 0 saturated carbocycles. The summed E-state index contributed by atoms with van der Waals surface area (Å²) in [6, 6.07) is 4.93. The van der Waals surface area contributed by atoms with Crippen LogP contribution in [0.5, 0.6) is 0 Å². The minimum Gasteiger partial charge on any atom is -0.467 e. The minimum absolute atomic E-state index is 0.00503. The Labute approximate surface area is 173 Å². The molecule has 1 aromatic rings. The summed E-state index contributed by atoms with van der Waals surface area (Å²) in [7, 11) is 2.69. The van der Waals surface area contributed by atoms with Gasteiger partial charge in [0.15, 0.2) is 0 Å². The van der Waals surface area contributed by atoms with Gasteiger partial charge in [0.1, 0.15) is 11.9 Å². The van der Waals surface area contributed by atoms with E-state index in [1.54, 1.807) is 6.07 Å². The van der Waals surface area contributed by atoms with Gasteiger partial charge in [0, 0.05) is 32.1 Å². The van der Waals surface area contributed by atoms with E-state index >= 15 is 0 Å². The Morgan fingerprint density at radius 1 is 1.23 bits per heavy atom.